The van der Waals surface area contributed by atoms with Crippen LogP contribution in [0.2, 0.25) is 0 Å². The molecule has 1 saturated heterocycles. The molecule has 5 rings (SSSR count). The Balaban J connectivity index is 0.000000162. The largest absolute Gasteiger partial charge is 0.494 e. The van der Waals surface area contributed by atoms with E-state index in [1.807, 2.05) is 51.8 Å². The van der Waals surface area contributed by atoms with Crippen LogP contribution < -0.4 is 5.46 Å². The Bertz CT molecular complexity index is 1110. The molecule has 0 bridgehead atoms. The number of fused-ring (bicyclic) bond motifs is 2. The minimum absolute atomic E-state index is 0.302. The molecule has 0 atom stereocenters. The van der Waals surface area contributed by atoms with E-state index in [4.69, 9.17) is 9.31 Å². The second-order valence-electron chi connectivity index (χ2n) is 7.79. The fourth-order valence-electron chi connectivity index (χ4n) is 2.96. The van der Waals surface area contributed by atoms with Gasteiger partial charge in [-0.25, -0.2) is 9.03 Å². The van der Waals surface area contributed by atoms with Gasteiger partial charge in [0.25, 0.3) is 0 Å². The fourth-order valence-corrected chi connectivity index (χ4v) is 3.31. The molecule has 0 radical (unpaired) electrons. The van der Waals surface area contributed by atoms with E-state index >= 15 is 0 Å². The van der Waals surface area contributed by atoms with Crippen molar-refractivity contribution in [3.63, 3.8) is 0 Å². The summed E-state index contributed by atoms with van der Waals surface area (Å²) in [5, 5.41) is 8.23. The number of aromatic nitrogens is 4. The molecule has 6 nitrogen and oxygen atoms in total. The van der Waals surface area contributed by atoms with Crippen molar-refractivity contribution in [2.75, 3.05) is 0 Å². The summed E-state index contributed by atoms with van der Waals surface area (Å²) < 4.78 is 16.8. The predicted molar refractivity (Wildman–Crippen MR) is 114 cm³/mol. The van der Waals surface area contributed by atoms with Crippen LogP contribution in [0, 0.1) is 0 Å². The highest BCUT2D eigenvalue weighted by molar-refractivity contribution is 9.10. The van der Waals surface area contributed by atoms with Gasteiger partial charge in [0, 0.05) is 29.3 Å². The molecule has 0 aliphatic carbocycles. The first-order valence-corrected chi connectivity index (χ1v) is 9.92. The summed E-state index contributed by atoms with van der Waals surface area (Å²) in [7, 11) is -0.310. The maximum Gasteiger partial charge on any atom is 0.494 e. The zero-order chi connectivity index (χ0) is 19.9. The third-order valence-electron chi connectivity index (χ3n) is 5.31. The van der Waals surface area contributed by atoms with Crippen LogP contribution in [-0.2, 0) is 9.31 Å². The molecule has 0 N–H and O–H groups in total. The third-order valence-corrected chi connectivity index (χ3v) is 5.80. The summed E-state index contributed by atoms with van der Waals surface area (Å²) in [5.41, 5.74) is 2.58. The van der Waals surface area contributed by atoms with Crippen LogP contribution in [0.4, 0.5) is 0 Å². The van der Waals surface area contributed by atoms with E-state index in [9.17, 15) is 0 Å². The van der Waals surface area contributed by atoms with Crippen molar-refractivity contribution in [1.29, 1.82) is 0 Å². The van der Waals surface area contributed by atoms with Crippen molar-refractivity contribution in [1.82, 2.24) is 19.2 Å². The van der Waals surface area contributed by atoms with E-state index in [0.717, 1.165) is 21.0 Å². The normalized spacial score (nSPS) is 17.7. The fraction of sp³-hybridized carbons (Fsp3) is 0.300. The maximum atomic E-state index is 6.02. The molecule has 8 heteroatoms. The van der Waals surface area contributed by atoms with Crippen molar-refractivity contribution in [2.45, 2.75) is 38.9 Å². The highest BCUT2D eigenvalue weighted by atomic mass is 79.9. The zero-order valence-electron chi connectivity index (χ0n) is 16.3. The molecule has 0 unspecified atom stereocenters. The molecule has 1 aliphatic heterocycles. The van der Waals surface area contributed by atoms with Crippen LogP contribution >= 0.6 is 15.9 Å². The molecule has 0 saturated carbocycles. The van der Waals surface area contributed by atoms with Crippen molar-refractivity contribution >= 4 is 39.5 Å². The molecule has 1 fully saturated rings. The van der Waals surface area contributed by atoms with Crippen LogP contribution in [0.1, 0.15) is 27.7 Å². The van der Waals surface area contributed by atoms with Gasteiger partial charge >= 0.3 is 7.12 Å². The van der Waals surface area contributed by atoms with Gasteiger partial charge in [-0.05, 0) is 69.6 Å². The lowest BCUT2D eigenvalue weighted by Crippen LogP contribution is -2.41. The lowest BCUT2D eigenvalue weighted by atomic mass is 9.79. The summed E-state index contributed by atoms with van der Waals surface area (Å²) in [5.74, 6) is 0. The van der Waals surface area contributed by atoms with Gasteiger partial charge in [-0.2, -0.15) is 10.2 Å². The maximum absolute atomic E-state index is 6.02. The smallest absolute Gasteiger partial charge is 0.399 e. The Morgan fingerprint density at radius 3 is 1.96 bits per heavy atom. The quantitative estimate of drug-likeness (QED) is 0.423. The first-order valence-electron chi connectivity index (χ1n) is 9.13. The Hall–Kier alpha value is -2.16. The van der Waals surface area contributed by atoms with Crippen molar-refractivity contribution < 1.29 is 9.31 Å². The first kappa shape index (κ1) is 19.2. The van der Waals surface area contributed by atoms with Crippen LogP contribution in [0.3, 0.4) is 0 Å². The average molecular weight is 441 g/mol. The van der Waals surface area contributed by atoms with Crippen LogP contribution in [0.25, 0.3) is 11.0 Å². The van der Waals surface area contributed by atoms with Crippen molar-refractivity contribution in [2.24, 2.45) is 0 Å². The second-order valence-corrected chi connectivity index (χ2v) is 8.71. The van der Waals surface area contributed by atoms with E-state index in [1.54, 1.807) is 12.4 Å². The van der Waals surface area contributed by atoms with Crippen molar-refractivity contribution in [3.05, 3.63) is 65.7 Å². The van der Waals surface area contributed by atoms with Gasteiger partial charge in [-0.1, -0.05) is 15.9 Å². The van der Waals surface area contributed by atoms with Crippen LogP contribution in [0.5, 0.6) is 0 Å². The van der Waals surface area contributed by atoms with E-state index in [0.29, 0.717) is 0 Å². The topological polar surface area (TPSA) is 53.1 Å². The molecule has 28 heavy (non-hydrogen) atoms. The molecule has 0 spiro atoms. The van der Waals surface area contributed by atoms with E-state index in [-0.39, 0.29) is 18.3 Å². The monoisotopic (exact) mass is 440 g/mol. The van der Waals surface area contributed by atoms with E-state index < -0.39 is 0 Å². The van der Waals surface area contributed by atoms with Gasteiger partial charge in [0.05, 0.1) is 22.2 Å². The third kappa shape index (κ3) is 3.59. The highest BCUT2D eigenvalue weighted by Gasteiger charge is 2.51. The molecule has 5 heterocycles. The Kier molecular flexibility index (Phi) is 4.81. The Labute approximate surface area is 172 Å². The summed E-state index contributed by atoms with van der Waals surface area (Å²) in [6, 6.07) is 11.9. The molecule has 0 amide bonds. The number of pyridine rings is 2. The number of halogens is 1. The predicted octanol–water partition coefficient (Wildman–Crippen LogP) is 3.73. The second kappa shape index (κ2) is 7.02. The van der Waals surface area contributed by atoms with E-state index in [1.165, 1.54) is 0 Å². The average Bonchev–Trinajstić information content (AvgIpc) is 3.32. The van der Waals surface area contributed by atoms with Gasteiger partial charge < -0.3 is 9.31 Å². The van der Waals surface area contributed by atoms with Gasteiger partial charge in [0.15, 0.2) is 0 Å². The summed E-state index contributed by atoms with van der Waals surface area (Å²) >= 11 is 3.38. The summed E-state index contributed by atoms with van der Waals surface area (Å²) in [4.78, 5) is 0. The number of hydrogen-bond donors (Lipinski definition) is 0. The number of nitrogens with zero attached hydrogens (tertiary/aromatic N) is 4. The molecule has 144 valence electrons. The van der Waals surface area contributed by atoms with Gasteiger partial charge in [0.2, 0.25) is 0 Å². The minimum atomic E-state index is -0.310. The molecule has 4 aromatic heterocycles. The Morgan fingerprint density at radius 1 is 0.821 bits per heavy atom. The first-order chi connectivity index (χ1) is 13.2. The van der Waals surface area contributed by atoms with Gasteiger partial charge in [-0.3, -0.25) is 0 Å². The van der Waals surface area contributed by atoms with Gasteiger partial charge in [-0.15, -0.1) is 0 Å². The molecule has 4 aromatic rings. The van der Waals surface area contributed by atoms with Crippen molar-refractivity contribution in [3.8, 4) is 0 Å². The molecular formula is C20H22BBrN4O2. The minimum Gasteiger partial charge on any atom is -0.399 e. The Morgan fingerprint density at radius 2 is 1.36 bits per heavy atom. The van der Waals surface area contributed by atoms with Crippen LogP contribution in [-0.4, -0.2) is 37.5 Å². The van der Waals surface area contributed by atoms with Crippen LogP contribution in [0.15, 0.2) is 65.7 Å². The highest BCUT2D eigenvalue weighted by Crippen LogP contribution is 2.36. The number of rotatable bonds is 1. The zero-order valence-corrected chi connectivity index (χ0v) is 17.9. The SMILES string of the molecule is Brc1ccn2nccc2c1.CC1(C)OB(c2ccn3nccc3c2)OC1(C)C. The summed E-state index contributed by atoms with van der Waals surface area (Å²) in [6.45, 7) is 8.24. The lowest BCUT2D eigenvalue weighted by molar-refractivity contribution is 0.00578. The van der Waals surface area contributed by atoms with E-state index in [2.05, 4.69) is 59.9 Å². The van der Waals surface area contributed by atoms with Gasteiger partial charge in [0.1, 0.15) is 0 Å². The number of hydrogen-bond acceptors (Lipinski definition) is 4. The molecule has 0 aromatic carbocycles. The lowest BCUT2D eigenvalue weighted by Gasteiger charge is -2.32. The standard InChI is InChI=1S/C13H17BN2O2.C7H5BrN2/c1-12(2)13(3,4)18-14(17-12)10-6-8-16-11(9-10)5-7-15-16;8-6-2-4-10-7(5-6)1-3-9-10/h5-9H,1-4H3;1-5H. The summed E-state index contributed by atoms with van der Waals surface area (Å²) in [6.07, 6.45) is 7.40. The molecule has 1 aliphatic rings. The molecular weight excluding hydrogens is 419 g/mol.